The van der Waals surface area contributed by atoms with Crippen molar-refractivity contribution in [1.29, 1.82) is 0 Å². The van der Waals surface area contributed by atoms with Gasteiger partial charge in [-0.15, -0.1) is 0 Å². The highest BCUT2D eigenvalue weighted by atomic mass is 16.5. The summed E-state index contributed by atoms with van der Waals surface area (Å²) in [7, 11) is 2.14. The lowest BCUT2D eigenvalue weighted by Gasteiger charge is -2.33. The van der Waals surface area contributed by atoms with Crippen molar-refractivity contribution in [2.45, 2.75) is 12.1 Å². The highest BCUT2D eigenvalue weighted by Crippen LogP contribution is 2.04. The molecule has 1 N–H and O–H groups in total. The number of morpholine rings is 1. The van der Waals surface area contributed by atoms with Crippen LogP contribution in [0.15, 0.2) is 0 Å². The van der Waals surface area contributed by atoms with Gasteiger partial charge in [-0.1, -0.05) is 0 Å². The second-order valence-electron chi connectivity index (χ2n) is 3.90. The van der Waals surface area contributed by atoms with Gasteiger partial charge in [0.2, 0.25) is 0 Å². The zero-order valence-electron chi connectivity index (χ0n) is 8.16. The Hall–Kier alpha value is -0.160. The summed E-state index contributed by atoms with van der Waals surface area (Å²) >= 11 is 0. The van der Waals surface area contributed by atoms with Gasteiger partial charge in [-0.2, -0.15) is 0 Å². The molecule has 1 atom stereocenters. The summed E-state index contributed by atoms with van der Waals surface area (Å²) < 4.78 is 10.7. The van der Waals surface area contributed by atoms with Crippen LogP contribution in [0.4, 0.5) is 0 Å². The Morgan fingerprint density at radius 1 is 1.46 bits per heavy atom. The van der Waals surface area contributed by atoms with Gasteiger partial charge in [-0.05, 0) is 7.05 Å². The third kappa shape index (κ3) is 2.64. The molecule has 0 spiro atoms. The van der Waals surface area contributed by atoms with E-state index in [-0.39, 0.29) is 0 Å². The summed E-state index contributed by atoms with van der Waals surface area (Å²) in [6, 6.07) is 0.566. The molecule has 2 aliphatic heterocycles. The fraction of sp³-hybridized carbons (Fsp3) is 1.00. The van der Waals surface area contributed by atoms with Crippen molar-refractivity contribution in [1.82, 2.24) is 10.2 Å². The van der Waals surface area contributed by atoms with Gasteiger partial charge in [0.05, 0.1) is 32.0 Å². The molecule has 13 heavy (non-hydrogen) atoms. The smallest absolute Gasteiger partial charge is 0.0826 e. The summed E-state index contributed by atoms with van der Waals surface area (Å²) in [5.74, 6) is 0. The molecule has 2 fully saturated rings. The van der Waals surface area contributed by atoms with Gasteiger partial charge in [0.1, 0.15) is 0 Å². The molecule has 76 valence electrons. The molecule has 4 heteroatoms. The third-order valence-corrected chi connectivity index (χ3v) is 2.61. The average molecular weight is 186 g/mol. The predicted molar refractivity (Wildman–Crippen MR) is 49.8 cm³/mol. The Kier molecular flexibility index (Phi) is 3.16. The maximum atomic E-state index is 5.62. The molecule has 2 aliphatic rings. The Morgan fingerprint density at radius 2 is 2.31 bits per heavy atom. The minimum Gasteiger partial charge on any atom is -0.378 e. The van der Waals surface area contributed by atoms with Crippen molar-refractivity contribution in [3.63, 3.8) is 0 Å². The van der Waals surface area contributed by atoms with E-state index in [1.807, 2.05) is 0 Å². The standard InChI is InChI=1S/C9H18N2O2/c1-11-2-3-13-9(5-11)4-10-8-6-12-7-8/h8-10H,2-7H2,1H3. The van der Waals surface area contributed by atoms with Crippen LogP contribution in [-0.2, 0) is 9.47 Å². The van der Waals surface area contributed by atoms with Crippen molar-refractivity contribution in [3.05, 3.63) is 0 Å². The number of rotatable bonds is 3. The molecule has 0 aliphatic carbocycles. The summed E-state index contributed by atoms with van der Waals surface area (Å²) in [6.07, 6.45) is 0.361. The second kappa shape index (κ2) is 4.37. The molecule has 0 bridgehead atoms. The first kappa shape index (κ1) is 9.40. The summed E-state index contributed by atoms with van der Waals surface area (Å²) in [5, 5.41) is 3.43. The van der Waals surface area contributed by atoms with Gasteiger partial charge in [0, 0.05) is 19.6 Å². The first-order valence-electron chi connectivity index (χ1n) is 4.96. The van der Waals surface area contributed by atoms with Crippen molar-refractivity contribution in [2.75, 3.05) is 46.5 Å². The summed E-state index contributed by atoms with van der Waals surface area (Å²) in [5.41, 5.74) is 0. The minimum atomic E-state index is 0.361. The van der Waals surface area contributed by atoms with E-state index in [9.17, 15) is 0 Å². The zero-order valence-corrected chi connectivity index (χ0v) is 8.16. The van der Waals surface area contributed by atoms with E-state index in [4.69, 9.17) is 9.47 Å². The highest BCUT2D eigenvalue weighted by molar-refractivity contribution is 4.77. The second-order valence-corrected chi connectivity index (χ2v) is 3.90. The number of ether oxygens (including phenoxy) is 2. The van der Waals surface area contributed by atoms with Gasteiger partial charge in [-0.25, -0.2) is 0 Å². The van der Waals surface area contributed by atoms with Crippen molar-refractivity contribution < 1.29 is 9.47 Å². The number of nitrogens with one attached hydrogen (secondary N) is 1. The van der Waals surface area contributed by atoms with Crippen LogP contribution in [0, 0.1) is 0 Å². The third-order valence-electron chi connectivity index (χ3n) is 2.61. The molecule has 2 saturated heterocycles. The van der Waals surface area contributed by atoms with Crippen LogP contribution in [0.3, 0.4) is 0 Å². The van der Waals surface area contributed by atoms with Gasteiger partial charge in [-0.3, -0.25) is 0 Å². The highest BCUT2D eigenvalue weighted by Gasteiger charge is 2.22. The topological polar surface area (TPSA) is 33.7 Å². The molecule has 0 aromatic rings. The van der Waals surface area contributed by atoms with E-state index >= 15 is 0 Å². The maximum Gasteiger partial charge on any atom is 0.0826 e. The first-order chi connectivity index (χ1) is 6.34. The van der Waals surface area contributed by atoms with E-state index < -0.39 is 0 Å². The number of hydrogen-bond donors (Lipinski definition) is 1. The lowest BCUT2D eigenvalue weighted by atomic mass is 10.2. The van der Waals surface area contributed by atoms with Gasteiger partial charge in [0.15, 0.2) is 0 Å². The van der Waals surface area contributed by atoms with Crippen molar-refractivity contribution >= 4 is 0 Å². The molecule has 4 nitrogen and oxygen atoms in total. The van der Waals surface area contributed by atoms with Crippen LogP contribution in [0.25, 0.3) is 0 Å². The molecule has 0 amide bonds. The maximum absolute atomic E-state index is 5.62. The normalized spacial score (nSPS) is 31.6. The fourth-order valence-electron chi connectivity index (χ4n) is 1.64. The molecule has 2 heterocycles. The van der Waals surface area contributed by atoms with Gasteiger partial charge in [0.25, 0.3) is 0 Å². The number of likely N-dealkylation sites (N-methyl/N-ethyl adjacent to an activating group) is 1. The Balaban J connectivity index is 1.62. The van der Waals surface area contributed by atoms with Crippen LogP contribution >= 0.6 is 0 Å². The molecular formula is C9H18N2O2. The molecule has 0 aromatic carbocycles. The largest absolute Gasteiger partial charge is 0.378 e. The molecule has 0 radical (unpaired) electrons. The van der Waals surface area contributed by atoms with E-state index in [2.05, 4.69) is 17.3 Å². The summed E-state index contributed by atoms with van der Waals surface area (Å²) in [6.45, 7) is 5.65. The van der Waals surface area contributed by atoms with Crippen LogP contribution in [0.1, 0.15) is 0 Å². The lowest BCUT2D eigenvalue weighted by molar-refractivity contribution is -0.0386. The van der Waals surface area contributed by atoms with Gasteiger partial charge >= 0.3 is 0 Å². The molecule has 2 rings (SSSR count). The first-order valence-corrected chi connectivity index (χ1v) is 4.96. The minimum absolute atomic E-state index is 0.361. The van der Waals surface area contributed by atoms with E-state index in [0.29, 0.717) is 12.1 Å². The van der Waals surface area contributed by atoms with Crippen LogP contribution in [0.2, 0.25) is 0 Å². The van der Waals surface area contributed by atoms with Crippen LogP contribution in [0.5, 0.6) is 0 Å². The monoisotopic (exact) mass is 186 g/mol. The number of nitrogens with zero attached hydrogens (tertiary/aromatic N) is 1. The van der Waals surface area contributed by atoms with E-state index in [0.717, 1.165) is 39.5 Å². The molecule has 0 saturated carbocycles. The zero-order chi connectivity index (χ0) is 9.10. The van der Waals surface area contributed by atoms with E-state index in [1.165, 1.54) is 0 Å². The Labute approximate surface area is 79.2 Å². The van der Waals surface area contributed by atoms with Crippen LogP contribution in [-0.4, -0.2) is 63.5 Å². The fourth-order valence-corrected chi connectivity index (χ4v) is 1.64. The quantitative estimate of drug-likeness (QED) is 0.632. The Bertz CT molecular complexity index is 162. The molecule has 1 unspecified atom stereocenters. The van der Waals surface area contributed by atoms with Crippen molar-refractivity contribution in [3.8, 4) is 0 Å². The average Bonchev–Trinajstić information content (AvgIpc) is 2.01. The SMILES string of the molecule is CN1CCOC(CNC2COC2)C1. The predicted octanol–water partition coefficient (Wildman–Crippen LogP) is -0.695. The van der Waals surface area contributed by atoms with Gasteiger partial charge < -0.3 is 19.7 Å². The number of hydrogen-bond acceptors (Lipinski definition) is 4. The van der Waals surface area contributed by atoms with E-state index in [1.54, 1.807) is 0 Å². The van der Waals surface area contributed by atoms with Crippen LogP contribution < -0.4 is 5.32 Å². The van der Waals surface area contributed by atoms with Crippen molar-refractivity contribution in [2.24, 2.45) is 0 Å². The molecular weight excluding hydrogens is 168 g/mol. The lowest BCUT2D eigenvalue weighted by Crippen LogP contribution is -2.52. The Morgan fingerprint density at radius 3 is 2.92 bits per heavy atom. The summed E-state index contributed by atoms with van der Waals surface area (Å²) in [4.78, 5) is 2.31. The molecule has 0 aromatic heterocycles.